The maximum atomic E-state index is 11.5. The summed E-state index contributed by atoms with van der Waals surface area (Å²) in [4.78, 5) is 15.2. The molecule has 0 N–H and O–H groups in total. The number of amides is 1. The van der Waals surface area contributed by atoms with Gasteiger partial charge in [0.15, 0.2) is 0 Å². The molecule has 19 heavy (non-hydrogen) atoms. The first-order valence-electron chi connectivity index (χ1n) is 5.84. The van der Waals surface area contributed by atoms with Crippen molar-refractivity contribution in [3.05, 3.63) is 23.8 Å². The van der Waals surface area contributed by atoms with Crippen molar-refractivity contribution in [2.75, 3.05) is 14.2 Å². The Morgan fingerprint density at radius 2 is 1.63 bits per heavy atom. The second kappa shape index (κ2) is 6.22. The van der Waals surface area contributed by atoms with Crippen molar-refractivity contribution in [3.8, 4) is 11.5 Å². The summed E-state index contributed by atoms with van der Waals surface area (Å²) in [5, 5.41) is 0. The lowest BCUT2D eigenvalue weighted by molar-refractivity contribution is 0.0605. The van der Waals surface area contributed by atoms with E-state index < -0.39 is 11.7 Å². The van der Waals surface area contributed by atoms with Crippen LogP contribution >= 0.6 is 0 Å². The SMILES string of the molecule is COc1cc(/C=N/C(=O)OC(C)(C)C)cc(OC)c1. The van der Waals surface area contributed by atoms with Crippen LogP contribution in [0.5, 0.6) is 11.5 Å². The van der Waals surface area contributed by atoms with Crippen LogP contribution in [0.3, 0.4) is 0 Å². The minimum absolute atomic E-state index is 0.555. The van der Waals surface area contributed by atoms with E-state index >= 15 is 0 Å². The Balaban J connectivity index is 2.84. The summed E-state index contributed by atoms with van der Waals surface area (Å²) in [7, 11) is 3.12. The third-order valence-electron chi connectivity index (χ3n) is 2.09. The molecule has 0 radical (unpaired) electrons. The van der Waals surface area contributed by atoms with Gasteiger partial charge < -0.3 is 14.2 Å². The molecule has 0 unspecified atom stereocenters. The minimum atomic E-state index is -0.630. The second-order valence-electron chi connectivity index (χ2n) is 4.88. The lowest BCUT2D eigenvalue weighted by atomic mass is 10.2. The van der Waals surface area contributed by atoms with Gasteiger partial charge in [-0.2, -0.15) is 4.99 Å². The molecule has 5 heteroatoms. The average Bonchev–Trinajstić information content (AvgIpc) is 2.33. The highest BCUT2D eigenvalue weighted by Crippen LogP contribution is 2.21. The molecule has 0 aliphatic rings. The fourth-order valence-corrected chi connectivity index (χ4v) is 1.32. The van der Waals surface area contributed by atoms with Crippen LogP contribution in [0.2, 0.25) is 0 Å². The Labute approximate surface area is 113 Å². The first-order chi connectivity index (χ1) is 8.84. The van der Waals surface area contributed by atoms with Crippen LogP contribution in [0.15, 0.2) is 23.2 Å². The van der Waals surface area contributed by atoms with Crippen molar-refractivity contribution >= 4 is 12.3 Å². The summed E-state index contributed by atoms with van der Waals surface area (Å²) in [5.74, 6) is 1.26. The van der Waals surface area contributed by atoms with Gasteiger partial charge in [0.2, 0.25) is 0 Å². The molecule has 1 aromatic carbocycles. The molecule has 0 saturated heterocycles. The van der Waals surface area contributed by atoms with E-state index in [9.17, 15) is 4.79 Å². The Bertz CT molecular complexity index is 453. The van der Waals surface area contributed by atoms with E-state index in [1.165, 1.54) is 6.21 Å². The van der Waals surface area contributed by atoms with E-state index in [0.29, 0.717) is 17.1 Å². The Kier molecular flexibility index (Phi) is 4.92. The molecule has 104 valence electrons. The highest BCUT2D eigenvalue weighted by molar-refractivity contribution is 5.89. The molecule has 0 saturated carbocycles. The van der Waals surface area contributed by atoms with Crippen molar-refractivity contribution in [2.45, 2.75) is 26.4 Å². The Morgan fingerprint density at radius 1 is 1.11 bits per heavy atom. The third kappa shape index (κ3) is 5.42. The van der Waals surface area contributed by atoms with Crippen LogP contribution in [0, 0.1) is 0 Å². The predicted molar refractivity (Wildman–Crippen MR) is 73.4 cm³/mol. The van der Waals surface area contributed by atoms with Crippen LogP contribution in [-0.4, -0.2) is 32.1 Å². The topological polar surface area (TPSA) is 57.1 Å². The molecule has 0 bridgehead atoms. The number of benzene rings is 1. The number of hydrogen-bond acceptors (Lipinski definition) is 4. The van der Waals surface area contributed by atoms with E-state index in [2.05, 4.69) is 4.99 Å². The zero-order valence-corrected chi connectivity index (χ0v) is 11.9. The summed E-state index contributed by atoms with van der Waals surface area (Å²) in [5.41, 5.74) is 0.141. The standard InChI is InChI=1S/C14H19NO4/c1-14(2,3)19-13(16)15-9-10-6-11(17-4)8-12(7-10)18-5/h6-9H,1-5H3/b15-9+. The van der Waals surface area contributed by atoms with Crippen LogP contribution in [0.25, 0.3) is 0 Å². The third-order valence-corrected chi connectivity index (χ3v) is 2.09. The number of carbonyl (C=O) groups excluding carboxylic acids is 1. The first kappa shape index (κ1) is 15.0. The summed E-state index contributed by atoms with van der Waals surface area (Å²) in [6.45, 7) is 5.36. The largest absolute Gasteiger partial charge is 0.497 e. The van der Waals surface area contributed by atoms with Gasteiger partial charge in [-0.05, 0) is 32.9 Å². The number of rotatable bonds is 3. The smallest absolute Gasteiger partial charge is 0.434 e. The molecule has 1 amide bonds. The van der Waals surface area contributed by atoms with E-state index in [1.54, 1.807) is 53.2 Å². The molecule has 0 spiro atoms. The van der Waals surface area contributed by atoms with Crippen molar-refractivity contribution in [1.29, 1.82) is 0 Å². The van der Waals surface area contributed by atoms with Gasteiger partial charge in [0.25, 0.3) is 0 Å². The molecule has 0 aliphatic heterocycles. The quantitative estimate of drug-likeness (QED) is 0.788. The molecule has 0 aliphatic carbocycles. The van der Waals surface area contributed by atoms with Gasteiger partial charge in [-0.3, -0.25) is 0 Å². The van der Waals surface area contributed by atoms with Crippen molar-refractivity contribution in [1.82, 2.24) is 0 Å². The maximum Gasteiger partial charge on any atom is 0.434 e. The lowest BCUT2D eigenvalue weighted by Crippen LogP contribution is -2.21. The van der Waals surface area contributed by atoms with E-state index in [0.717, 1.165) is 0 Å². The number of carbonyl (C=O) groups is 1. The van der Waals surface area contributed by atoms with Gasteiger partial charge in [-0.25, -0.2) is 4.79 Å². The monoisotopic (exact) mass is 265 g/mol. The summed E-state index contributed by atoms with van der Waals surface area (Å²) in [6.07, 6.45) is 0.785. The number of nitrogens with zero attached hydrogens (tertiary/aromatic N) is 1. The summed E-state index contributed by atoms with van der Waals surface area (Å²) >= 11 is 0. The number of methoxy groups -OCH3 is 2. The van der Waals surface area contributed by atoms with Crippen LogP contribution < -0.4 is 9.47 Å². The molecule has 1 rings (SSSR count). The zero-order valence-electron chi connectivity index (χ0n) is 11.9. The van der Waals surface area contributed by atoms with Crippen molar-refractivity contribution < 1.29 is 19.0 Å². The molecular formula is C14H19NO4. The summed E-state index contributed by atoms with van der Waals surface area (Å²) < 4.78 is 15.3. The van der Waals surface area contributed by atoms with Gasteiger partial charge in [0, 0.05) is 17.8 Å². The molecule has 0 fully saturated rings. The van der Waals surface area contributed by atoms with Gasteiger partial charge >= 0.3 is 6.09 Å². The average molecular weight is 265 g/mol. The normalized spacial score (nSPS) is 11.4. The fourth-order valence-electron chi connectivity index (χ4n) is 1.32. The Hall–Kier alpha value is -2.04. The first-order valence-corrected chi connectivity index (χ1v) is 5.84. The van der Waals surface area contributed by atoms with Crippen molar-refractivity contribution in [3.63, 3.8) is 0 Å². The van der Waals surface area contributed by atoms with Gasteiger partial charge in [-0.15, -0.1) is 0 Å². The van der Waals surface area contributed by atoms with E-state index in [1.807, 2.05) is 0 Å². The molecular weight excluding hydrogens is 246 g/mol. The molecule has 5 nitrogen and oxygen atoms in total. The molecule has 1 aromatic rings. The molecule has 0 aromatic heterocycles. The molecule has 0 heterocycles. The van der Waals surface area contributed by atoms with Gasteiger partial charge in [0.1, 0.15) is 17.1 Å². The summed E-state index contributed by atoms with van der Waals surface area (Å²) in [6, 6.07) is 5.23. The van der Waals surface area contributed by atoms with Crippen LogP contribution in [0.4, 0.5) is 4.79 Å². The van der Waals surface area contributed by atoms with Crippen LogP contribution in [0.1, 0.15) is 26.3 Å². The number of ether oxygens (including phenoxy) is 3. The molecule has 0 atom stereocenters. The Morgan fingerprint density at radius 3 is 2.05 bits per heavy atom. The van der Waals surface area contributed by atoms with Gasteiger partial charge in [0.05, 0.1) is 14.2 Å². The van der Waals surface area contributed by atoms with Gasteiger partial charge in [-0.1, -0.05) is 0 Å². The van der Waals surface area contributed by atoms with E-state index in [4.69, 9.17) is 14.2 Å². The highest BCUT2D eigenvalue weighted by atomic mass is 16.6. The lowest BCUT2D eigenvalue weighted by Gasteiger charge is -2.17. The minimum Gasteiger partial charge on any atom is -0.497 e. The van der Waals surface area contributed by atoms with Crippen LogP contribution in [-0.2, 0) is 4.74 Å². The number of hydrogen-bond donors (Lipinski definition) is 0. The zero-order chi connectivity index (χ0) is 14.5. The van der Waals surface area contributed by atoms with E-state index in [-0.39, 0.29) is 0 Å². The van der Waals surface area contributed by atoms with Crippen molar-refractivity contribution in [2.24, 2.45) is 4.99 Å². The second-order valence-corrected chi connectivity index (χ2v) is 4.88. The number of aliphatic imine (C=N–C) groups is 1. The maximum absolute atomic E-state index is 11.5. The predicted octanol–water partition coefficient (Wildman–Crippen LogP) is 3.06. The highest BCUT2D eigenvalue weighted by Gasteiger charge is 2.14. The fraction of sp³-hybridized carbons (Fsp3) is 0.429.